The second-order valence-electron chi connectivity index (χ2n) is 10.8. The number of aromatic nitrogens is 5. The Labute approximate surface area is 259 Å². The lowest BCUT2D eigenvalue weighted by Crippen LogP contribution is -2.27. The minimum absolute atomic E-state index is 0.0516. The summed E-state index contributed by atoms with van der Waals surface area (Å²) in [6, 6.07) is 19.0. The molecule has 10 heteroatoms. The first-order chi connectivity index (χ1) is 20.8. The first kappa shape index (κ1) is 28.9. The third-order valence-electron chi connectivity index (χ3n) is 7.96. The number of carbonyl (C=O) groups excluding carboxylic acids is 1. The number of thioether (sulfide) groups is 1. The molecule has 3 aromatic heterocycles. The summed E-state index contributed by atoms with van der Waals surface area (Å²) in [6.45, 7) is 1.92. The van der Waals surface area contributed by atoms with Crippen LogP contribution in [0.3, 0.4) is 0 Å². The van der Waals surface area contributed by atoms with Gasteiger partial charge in [0.1, 0.15) is 0 Å². The molecule has 0 saturated heterocycles. The van der Waals surface area contributed by atoms with Gasteiger partial charge in [0.25, 0.3) is 5.56 Å². The molecule has 2 bridgehead atoms. The Morgan fingerprint density at radius 3 is 2.65 bits per heavy atom. The van der Waals surface area contributed by atoms with Crippen LogP contribution in [0.5, 0.6) is 0 Å². The van der Waals surface area contributed by atoms with Gasteiger partial charge in [0.2, 0.25) is 5.91 Å². The summed E-state index contributed by atoms with van der Waals surface area (Å²) in [5, 5.41) is 7.99. The van der Waals surface area contributed by atoms with Gasteiger partial charge >= 0.3 is 0 Å². The van der Waals surface area contributed by atoms with Crippen LogP contribution in [0.2, 0.25) is 5.02 Å². The van der Waals surface area contributed by atoms with Gasteiger partial charge in [-0.25, -0.2) is 4.98 Å². The van der Waals surface area contributed by atoms with Crippen LogP contribution in [0.4, 0.5) is 5.69 Å². The number of hydrogen-bond donors (Lipinski definition) is 1. The summed E-state index contributed by atoms with van der Waals surface area (Å²) in [4.78, 5) is 37.4. The molecule has 1 N–H and O–H groups in total. The monoisotopic (exact) mass is 610 g/mol. The van der Waals surface area contributed by atoms with E-state index in [1.807, 2.05) is 62.7 Å². The van der Waals surface area contributed by atoms with Crippen LogP contribution in [-0.4, -0.2) is 36.5 Å². The van der Waals surface area contributed by atoms with Gasteiger partial charge in [-0.05, 0) is 66.6 Å². The highest BCUT2D eigenvalue weighted by Gasteiger charge is 2.24. The SMILES string of the molecule is CSc1cccc(-c2ccc(Cl)cc2-c2cc(=O)n(C3CCCC(C)C(=O)Nc4cnn(C)c4-c4ccnc3c4)cn2)c1. The van der Waals surface area contributed by atoms with E-state index in [0.29, 0.717) is 29.2 Å². The zero-order valence-corrected chi connectivity index (χ0v) is 25.7. The number of fused-ring (bicyclic) bond motifs is 4. The number of pyridine rings is 1. The fraction of sp³-hybridized carbons (Fsp3) is 0.242. The van der Waals surface area contributed by atoms with Gasteiger partial charge in [-0.3, -0.25) is 23.8 Å². The molecule has 0 fully saturated rings. The van der Waals surface area contributed by atoms with Crippen LogP contribution in [-0.2, 0) is 11.8 Å². The van der Waals surface area contributed by atoms with Crippen LogP contribution in [0, 0.1) is 5.92 Å². The predicted molar refractivity (Wildman–Crippen MR) is 172 cm³/mol. The summed E-state index contributed by atoms with van der Waals surface area (Å²) in [5.74, 6) is -0.258. The molecule has 8 nitrogen and oxygen atoms in total. The van der Waals surface area contributed by atoms with Crippen LogP contribution in [0.1, 0.15) is 37.9 Å². The van der Waals surface area contributed by atoms with Gasteiger partial charge in [-0.15, -0.1) is 11.8 Å². The highest BCUT2D eigenvalue weighted by molar-refractivity contribution is 7.98. The van der Waals surface area contributed by atoms with E-state index in [1.165, 1.54) is 0 Å². The maximum absolute atomic E-state index is 13.8. The van der Waals surface area contributed by atoms with E-state index in [4.69, 9.17) is 21.6 Å². The van der Waals surface area contributed by atoms with Crippen molar-refractivity contribution in [3.05, 3.63) is 100 Å². The third kappa shape index (κ3) is 5.87. The number of halogens is 1. The Kier molecular flexibility index (Phi) is 8.19. The van der Waals surface area contributed by atoms with E-state index in [1.54, 1.807) is 45.8 Å². The number of nitrogens with zero attached hydrogens (tertiary/aromatic N) is 5. The minimum atomic E-state index is -0.363. The molecule has 218 valence electrons. The number of benzene rings is 2. The summed E-state index contributed by atoms with van der Waals surface area (Å²) < 4.78 is 3.38. The molecule has 1 aliphatic heterocycles. The zero-order chi connectivity index (χ0) is 30.1. The summed E-state index contributed by atoms with van der Waals surface area (Å²) in [6.07, 6.45) is 9.06. The lowest BCUT2D eigenvalue weighted by atomic mass is 9.96. The van der Waals surface area contributed by atoms with E-state index < -0.39 is 0 Å². The molecule has 4 heterocycles. The van der Waals surface area contributed by atoms with Crippen molar-refractivity contribution in [1.29, 1.82) is 0 Å². The van der Waals surface area contributed by atoms with Gasteiger partial charge < -0.3 is 5.32 Å². The number of carbonyl (C=O) groups is 1. The van der Waals surface area contributed by atoms with Crippen LogP contribution in [0.25, 0.3) is 33.6 Å². The zero-order valence-electron chi connectivity index (χ0n) is 24.1. The van der Waals surface area contributed by atoms with Gasteiger partial charge in [-0.2, -0.15) is 5.10 Å². The lowest BCUT2D eigenvalue weighted by Gasteiger charge is -2.22. The van der Waals surface area contributed by atoms with E-state index in [2.05, 4.69) is 22.5 Å². The van der Waals surface area contributed by atoms with Gasteiger partial charge in [0, 0.05) is 46.3 Å². The molecule has 5 aromatic rings. The van der Waals surface area contributed by atoms with E-state index in [9.17, 15) is 9.59 Å². The number of aryl methyl sites for hydroxylation is 1. The summed E-state index contributed by atoms with van der Waals surface area (Å²) in [7, 11) is 1.84. The Hall–Kier alpha value is -4.21. The predicted octanol–water partition coefficient (Wildman–Crippen LogP) is 7.10. The average Bonchev–Trinajstić information content (AvgIpc) is 3.38. The topological polar surface area (TPSA) is 94.7 Å². The molecular weight excluding hydrogens is 580 g/mol. The largest absolute Gasteiger partial charge is 0.323 e. The maximum Gasteiger partial charge on any atom is 0.254 e. The molecule has 0 saturated carbocycles. The first-order valence-corrected chi connectivity index (χ1v) is 15.7. The summed E-state index contributed by atoms with van der Waals surface area (Å²) in [5.41, 5.74) is 6.16. The molecular formula is C33H31ClN6O2S. The van der Waals surface area contributed by atoms with Crippen molar-refractivity contribution in [2.45, 2.75) is 37.1 Å². The highest BCUT2D eigenvalue weighted by Crippen LogP contribution is 2.35. The van der Waals surface area contributed by atoms with Crippen molar-refractivity contribution in [2.75, 3.05) is 11.6 Å². The van der Waals surface area contributed by atoms with Crippen molar-refractivity contribution in [3.8, 4) is 33.6 Å². The number of nitrogens with one attached hydrogen (secondary N) is 1. The smallest absolute Gasteiger partial charge is 0.254 e. The molecule has 1 aliphatic rings. The molecule has 43 heavy (non-hydrogen) atoms. The first-order valence-electron chi connectivity index (χ1n) is 14.1. The van der Waals surface area contributed by atoms with Crippen molar-refractivity contribution < 1.29 is 4.79 Å². The molecule has 2 aromatic carbocycles. The Morgan fingerprint density at radius 1 is 0.977 bits per heavy atom. The Balaban J connectivity index is 1.43. The lowest BCUT2D eigenvalue weighted by molar-refractivity contribution is -0.119. The number of amides is 1. The standard InChI is InChI=1S/C33H31ClN6O2S/c1-20-6-4-9-30(28-15-22(12-13-35-28)32-29(38-33(20)42)18-37-39(32)2)40-19-36-27(17-31(40)41)26-16-23(34)10-11-25(26)21-7-5-8-24(14-21)43-3/h5,7-8,10-20,30H,4,6,9H2,1-3H3,(H,38,42). The molecule has 0 spiro atoms. The van der Waals surface area contributed by atoms with Crippen LogP contribution in [0.15, 0.2) is 89.1 Å². The quantitative estimate of drug-likeness (QED) is 0.218. The van der Waals surface area contributed by atoms with Crippen molar-refractivity contribution >= 4 is 35.0 Å². The van der Waals surface area contributed by atoms with Gasteiger partial charge in [0.15, 0.2) is 0 Å². The third-order valence-corrected chi connectivity index (χ3v) is 8.93. The Bertz CT molecular complexity index is 1880. The second kappa shape index (κ2) is 12.2. The van der Waals surface area contributed by atoms with E-state index in [-0.39, 0.29) is 23.4 Å². The van der Waals surface area contributed by atoms with Crippen molar-refractivity contribution in [2.24, 2.45) is 13.0 Å². The normalized spacial score (nSPS) is 17.0. The average molecular weight is 611 g/mol. The van der Waals surface area contributed by atoms with E-state index >= 15 is 0 Å². The fourth-order valence-corrected chi connectivity index (χ4v) is 6.28. The van der Waals surface area contributed by atoms with E-state index in [0.717, 1.165) is 45.0 Å². The van der Waals surface area contributed by atoms with Crippen LogP contribution < -0.4 is 10.9 Å². The number of rotatable bonds is 4. The molecule has 0 radical (unpaired) electrons. The van der Waals surface area contributed by atoms with Crippen LogP contribution >= 0.6 is 23.4 Å². The number of hydrogen-bond acceptors (Lipinski definition) is 6. The molecule has 6 rings (SSSR count). The fourth-order valence-electron chi connectivity index (χ4n) is 5.65. The number of anilines is 1. The van der Waals surface area contributed by atoms with Crippen molar-refractivity contribution in [1.82, 2.24) is 24.3 Å². The van der Waals surface area contributed by atoms with Gasteiger partial charge in [0.05, 0.1) is 41.3 Å². The van der Waals surface area contributed by atoms with Crippen molar-refractivity contribution in [3.63, 3.8) is 0 Å². The maximum atomic E-state index is 13.8. The molecule has 2 unspecified atom stereocenters. The molecule has 1 amide bonds. The summed E-state index contributed by atoms with van der Waals surface area (Å²) >= 11 is 8.11. The Morgan fingerprint density at radius 2 is 1.84 bits per heavy atom. The van der Waals surface area contributed by atoms with Gasteiger partial charge in [-0.1, -0.05) is 43.1 Å². The minimum Gasteiger partial charge on any atom is -0.323 e. The molecule has 0 aliphatic carbocycles. The second-order valence-corrected chi connectivity index (χ2v) is 12.1. The highest BCUT2D eigenvalue weighted by atomic mass is 35.5. The molecule has 2 atom stereocenters.